The number of hydrogen-bond donors (Lipinski definition) is 2. The predicted molar refractivity (Wildman–Crippen MR) is 88.4 cm³/mol. The number of benzene rings is 2. The van der Waals surface area contributed by atoms with Crippen molar-refractivity contribution in [3.8, 4) is 5.75 Å². The van der Waals surface area contributed by atoms with Crippen LogP contribution in [-0.4, -0.2) is 31.6 Å². The van der Waals surface area contributed by atoms with Crippen molar-refractivity contribution in [2.24, 2.45) is 0 Å². The highest BCUT2D eigenvalue weighted by Crippen LogP contribution is 2.19. The van der Waals surface area contributed by atoms with E-state index in [-0.39, 0.29) is 0 Å². The lowest BCUT2D eigenvalue weighted by molar-refractivity contribution is 0.240. The second kappa shape index (κ2) is 7.55. The number of nitrogens with zero attached hydrogens (tertiary/aromatic N) is 1. The van der Waals surface area contributed by atoms with Crippen molar-refractivity contribution in [1.29, 1.82) is 0 Å². The van der Waals surface area contributed by atoms with Gasteiger partial charge in [-0.3, -0.25) is 0 Å². The van der Waals surface area contributed by atoms with Gasteiger partial charge in [-0.25, -0.2) is 0 Å². The zero-order chi connectivity index (χ0) is 15.1. The van der Waals surface area contributed by atoms with E-state index in [0.29, 0.717) is 12.3 Å². The fourth-order valence-corrected chi connectivity index (χ4v) is 2.04. The molecule has 0 heterocycles. The third-order valence-corrected chi connectivity index (χ3v) is 3.41. The quantitative estimate of drug-likeness (QED) is 0.767. The molecule has 0 radical (unpaired) electrons. The lowest BCUT2D eigenvalue weighted by Crippen LogP contribution is -2.26. The molecular weight excluding hydrogens is 262 g/mol. The van der Waals surface area contributed by atoms with Crippen LogP contribution in [0.4, 0.5) is 11.4 Å². The number of rotatable bonds is 7. The second-order valence-corrected chi connectivity index (χ2v) is 5.18. The molecule has 0 amide bonds. The molecular formula is C17H23N3O. The van der Waals surface area contributed by atoms with Crippen molar-refractivity contribution < 1.29 is 4.74 Å². The first-order valence-electron chi connectivity index (χ1n) is 7.15. The molecule has 4 heteroatoms. The number of nitrogens with two attached hydrogens (primary N) is 2. The molecule has 4 nitrogen and oxygen atoms in total. The monoisotopic (exact) mass is 285 g/mol. The van der Waals surface area contributed by atoms with Gasteiger partial charge in [0.05, 0.1) is 5.69 Å². The Labute approximate surface area is 126 Å². The molecule has 0 unspecified atom stereocenters. The molecule has 0 saturated heterocycles. The van der Waals surface area contributed by atoms with Crippen LogP contribution in [0.1, 0.15) is 5.56 Å². The van der Waals surface area contributed by atoms with Crippen molar-refractivity contribution in [1.82, 2.24) is 4.90 Å². The number of likely N-dealkylation sites (N-methyl/N-ethyl adjacent to an activating group) is 1. The molecule has 0 spiro atoms. The third-order valence-electron chi connectivity index (χ3n) is 3.41. The zero-order valence-corrected chi connectivity index (χ0v) is 12.5. The maximum atomic E-state index is 5.84. The van der Waals surface area contributed by atoms with Gasteiger partial charge in [0, 0.05) is 18.8 Å². The Bertz CT molecular complexity index is 554. The molecule has 0 aliphatic rings. The highest BCUT2D eigenvalue weighted by atomic mass is 16.5. The molecule has 0 atom stereocenters. The van der Waals surface area contributed by atoms with Gasteiger partial charge in [-0.05, 0) is 43.3 Å². The van der Waals surface area contributed by atoms with E-state index in [1.165, 1.54) is 5.56 Å². The Balaban J connectivity index is 1.69. The van der Waals surface area contributed by atoms with Crippen molar-refractivity contribution >= 4 is 11.4 Å². The van der Waals surface area contributed by atoms with Gasteiger partial charge in [-0.15, -0.1) is 0 Å². The van der Waals surface area contributed by atoms with Gasteiger partial charge < -0.3 is 21.1 Å². The van der Waals surface area contributed by atoms with Crippen LogP contribution in [0.2, 0.25) is 0 Å². The van der Waals surface area contributed by atoms with E-state index in [1.54, 1.807) is 0 Å². The lowest BCUT2D eigenvalue weighted by Gasteiger charge is -2.17. The summed E-state index contributed by atoms with van der Waals surface area (Å²) in [6, 6.07) is 15.6. The first-order valence-corrected chi connectivity index (χ1v) is 7.15. The fraction of sp³-hybridized carbons (Fsp3) is 0.294. The number of nitrogen functional groups attached to an aromatic ring is 2. The van der Waals surface area contributed by atoms with Crippen molar-refractivity contribution in [3.63, 3.8) is 0 Å². The van der Waals surface area contributed by atoms with Gasteiger partial charge in [0.25, 0.3) is 0 Å². The predicted octanol–water partition coefficient (Wildman–Crippen LogP) is 2.40. The Kier molecular flexibility index (Phi) is 5.46. The van der Waals surface area contributed by atoms with Gasteiger partial charge in [-0.2, -0.15) is 0 Å². The molecule has 0 fully saturated rings. The van der Waals surface area contributed by atoms with Crippen LogP contribution in [-0.2, 0) is 6.42 Å². The molecule has 2 aromatic rings. The zero-order valence-electron chi connectivity index (χ0n) is 12.5. The first-order chi connectivity index (χ1) is 10.1. The summed E-state index contributed by atoms with van der Waals surface area (Å²) in [5.41, 5.74) is 14.3. The van der Waals surface area contributed by atoms with Gasteiger partial charge in [0.15, 0.2) is 0 Å². The van der Waals surface area contributed by atoms with Gasteiger partial charge in [-0.1, -0.05) is 24.3 Å². The topological polar surface area (TPSA) is 64.5 Å². The molecule has 0 aliphatic heterocycles. The van der Waals surface area contributed by atoms with Gasteiger partial charge >= 0.3 is 0 Å². The minimum absolute atomic E-state index is 0.631. The van der Waals surface area contributed by atoms with E-state index >= 15 is 0 Å². The number of anilines is 2. The van der Waals surface area contributed by atoms with E-state index < -0.39 is 0 Å². The first kappa shape index (κ1) is 15.2. The standard InChI is InChI=1S/C17H23N3O/c1-20(11-10-14-6-8-15(18)9-7-14)12-13-21-17-5-3-2-4-16(17)19/h2-9H,10-13,18-19H2,1H3. The maximum absolute atomic E-state index is 5.84. The Morgan fingerprint density at radius 3 is 2.38 bits per heavy atom. The van der Waals surface area contributed by atoms with Crippen LogP contribution >= 0.6 is 0 Å². The minimum atomic E-state index is 0.631. The van der Waals surface area contributed by atoms with E-state index in [2.05, 4.69) is 24.1 Å². The summed E-state index contributed by atoms with van der Waals surface area (Å²) in [5, 5.41) is 0. The van der Waals surface area contributed by atoms with Crippen LogP contribution in [0.15, 0.2) is 48.5 Å². The summed E-state index contributed by atoms with van der Waals surface area (Å²) in [5.74, 6) is 0.754. The number of ether oxygens (including phenoxy) is 1. The smallest absolute Gasteiger partial charge is 0.142 e. The normalized spacial score (nSPS) is 10.8. The molecule has 4 N–H and O–H groups in total. The van der Waals surface area contributed by atoms with E-state index in [0.717, 1.165) is 30.9 Å². The number of para-hydroxylation sites is 2. The van der Waals surface area contributed by atoms with Crippen LogP contribution in [0.25, 0.3) is 0 Å². The molecule has 112 valence electrons. The number of hydrogen-bond acceptors (Lipinski definition) is 4. The van der Waals surface area contributed by atoms with Gasteiger partial charge in [0.2, 0.25) is 0 Å². The van der Waals surface area contributed by atoms with E-state index in [4.69, 9.17) is 16.2 Å². The molecule has 2 rings (SSSR count). The Morgan fingerprint density at radius 1 is 0.952 bits per heavy atom. The minimum Gasteiger partial charge on any atom is -0.490 e. The van der Waals surface area contributed by atoms with E-state index in [1.807, 2.05) is 36.4 Å². The summed E-state index contributed by atoms with van der Waals surface area (Å²) in [4.78, 5) is 2.25. The van der Waals surface area contributed by atoms with E-state index in [9.17, 15) is 0 Å². The second-order valence-electron chi connectivity index (χ2n) is 5.18. The van der Waals surface area contributed by atoms with Crippen molar-refractivity contribution in [3.05, 3.63) is 54.1 Å². The van der Waals surface area contributed by atoms with Crippen molar-refractivity contribution in [2.45, 2.75) is 6.42 Å². The lowest BCUT2D eigenvalue weighted by atomic mass is 10.1. The summed E-state index contributed by atoms with van der Waals surface area (Å²) in [7, 11) is 2.09. The summed E-state index contributed by atoms with van der Waals surface area (Å²) in [6.45, 7) is 2.48. The SMILES string of the molecule is CN(CCOc1ccccc1N)CCc1ccc(N)cc1. The van der Waals surface area contributed by atoms with Crippen LogP contribution in [0, 0.1) is 0 Å². The Morgan fingerprint density at radius 2 is 1.67 bits per heavy atom. The van der Waals surface area contributed by atoms with Gasteiger partial charge in [0.1, 0.15) is 12.4 Å². The Hall–Kier alpha value is -2.20. The maximum Gasteiger partial charge on any atom is 0.142 e. The highest BCUT2D eigenvalue weighted by Gasteiger charge is 2.02. The average molecular weight is 285 g/mol. The molecule has 0 saturated carbocycles. The fourth-order valence-electron chi connectivity index (χ4n) is 2.04. The molecule has 2 aromatic carbocycles. The highest BCUT2D eigenvalue weighted by molar-refractivity contribution is 5.51. The average Bonchev–Trinajstić information content (AvgIpc) is 2.49. The van der Waals surface area contributed by atoms with Crippen LogP contribution in [0.3, 0.4) is 0 Å². The molecule has 0 bridgehead atoms. The summed E-state index contributed by atoms with van der Waals surface area (Å²) in [6.07, 6.45) is 1.00. The largest absolute Gasteiger partial charge is 0.490 e. The molecule has 0 aliphatic carbocycles. The molecule has 21 heavy (non-hydrogen) atoms. The van der Waals surface area contributed by atoms with Crippen LogP contribution < -0.4 is 16.2 Å². The van der Waals surface area contributed by atoms with Crippen molar-refractivity contribution in [2.75, 3.05) is 38.2 Å². The third kappa shape index (κ3) is 5.00. The summed E-state index contributed by atoms with van der Waals surface area (Å²) >= 11 is 0. The summed E-state index contributed by atoms with van der Waals surface area (Å²) < 4.78 is 5.69. The van der Waals surface area contributed by atoms with Crippen LogP contribution in [0.5, 0.6) is 5.75 Å². The molecule has 0 aromatic heterocycles.